The maximum absolute atomic E-state index is 4.31. The number of thioether (sulfide) groups is 1. The van der Waals surface area contributed by atoms with Gasteiger partial charge in [0.15, 0.2) is 5.16 Å². The van der Waals surface area contributed by atoms with E-state index in [0.29, 0.717) is 12.0 Å². The zero-order chi connectivity index (χ0) is 12.7. The lowest BCUT2D eigenvalue weighted by molar-refractivity contribution is 0.433. The number of rotatable bonds is 7. The van der Waals surface area contributed by atoms with Crippen molar-refractivity contribution in [3.05, 3.63) is 18.0 Å². The summed E-state index contributed by atoms with van der Waals surface area (Å²) >= 11 is 1.73. The summed E-state index contributed by atoms with van der Waals surface area (Å²) in [5.74, 6) is 1.67. The van der Waals surface area contributed by atoms with Crippen LogP contribution in [0.15, 0.2) is 17.6 Å². The quantitative estimate of drug-likeness (QED) is 0.599. The molecule has 0 aromatic carbocycles. The molecule has 96 valence electrons. The SMILES string of the molecule is CCCNC(CSc1ncc(C)cn1)C(C)C. The first-order valence-corrected chi connectivity index (χ1v) is 7.26. The third-order valence-electron chi connectivity index (χ3n) is 2.61. The zero-order valence-electron chi connectivity index (χ0n) is 11.2. The third kappa shape index (κ3) is 5.50. The molecule has 3 nitrogen and oxygen atoms in total. The highest BCUT2D eigenvalue weighted by atomic mass is 32.2. The molecule has 0 aliphatic rings. The molecule has 0 radical (unpaired) electrons. The Morgan fingerprint density at radius 3 is 2.47 bits per heavy atom. The van der Waals surface area contributed by atoms with Crippen LogP contribution >= 0.6 is 11.8 Å². The number of hydrogen-bond donors (Lipinski definition) is 1. The van der Waals surface area contributed by atoms with Crippen LogP contribution in [0.2, 0.25) is 0 Å². The van der Waals surface area contributed by atoms with Crippen LogP contribution in [0.3, 0.4) is 0 Å². The van der Waals surface area contributed by atoms with E-state index < -0.39 is 0 Å². The van der Waals surface area contributed by atoms with Gasteiger partial charge < -0.3 is 5.32 Å². The van der Waals surface area contributed by atoms with Crippen LogP contribution in [0.1, 0.15) is 32.8 Å². The van der Waals surface area contributed by atoms with Gasteiger partial charge in [-0.25, -0.2) is 9.97 Å². The summed E-state index contributed by atoms with van der Waals surface area (Å²) in [5.41, 5.74) is 1.11. The number of aryl methyl sites for hydroxylation is 1. The van der Waals surface area contributed by atoms with Gasteiger partial charge in [-0.15, -0.1) is 0 Å². The average Bonchev–Trinajstić information content (AvgIpc) is 2.31. The summed E-state index contributed by atoms with van der Waals surface area (Å²) in [6.45, 7) is 9.79. The lowest BCUT2D eigenvalue weighted by Gasteiger charge is -2.21. The van der Waals surface area contributed by atoms with Crippen LogP contribution in [0.25, 0.3) is 0 Å². The van der Waals surface area contributed by atoms with Crippen molar-refractivity contribution in [2.24, 2.45) is 5.92 Å². The van der Waals surface area contributed by atoms with E-state index in [1.807, 2.05) is 19.3 Å². The first kappa shape index (κ1) is 14.5. The van der Waals surface area contributed by atoms with Crippen molar-refractivity contribution in [1.29, 1.82) is 0 Å². The van der Waals surface area contributed by atoms with Gasteiger partial charge in [0, 0.05) is 24.2 Å². The molecule has 1 N–H and O–H groups in total. The van der Waals surface area contributed by atoms with Crippen molar-refractivity contribution in [2.75, 3.05) is 12.3 Å². The Morgan fingerprint density at radius 2 is 1.94 bits per heavy atom. The van der Waals surface area contributed by atoms with Crippen LogP contribution < -0.4 is 5.32 Å². The van der Waals surface area contributed by atoms with E-state index in [2.05, 4.69) is 36.1 Å². The lowest BCUT2D eigenvalue weighted by atomic mass is 10.1. The molecule has 1 heterocycles. The molecule has 0 saturated heterocycles. The predicted molar refractivity (Wildman–Crippen MR) is 74.4 cm³/mol. The summed E-state index contributed by atoms with van der Waals surface area (Å²) in [6, 6.07) is 0.532. The van der Waals surface area contributed by atoms with Crippen LogP contribution in [0, 0.1) is 12.8 Å². The molecule has 1 aromatic rings. The van der Waals surface area contributed by atoms with Gasteiger partial charge in [-0.3, -0.25) is 0 Å². The van der Waals surface area contributed by atoms with E-state index >= 15 is 0 Å². The number of hydrogen-bond acceptors (Lipinski definition) is 4. The molecule has 1 rings (SSSR count). The largest absolute Gasteiger partial charge is 0.313 e. The molecule has 0 aliphatic heterocycles. The normalized spacial score (nSPS) is 13.0. The Hall–Kier alpha value is -0.610. The highest BCUT2D eigenvalue weighted by molar-refractivity contribution is 7.99. The predicted octanol–water partition coefficient (Wildman–Crippen LogP) is 2.90. The van der Waals surface area contributed by atoms with Crippen LogP contribution in [0.5, 0.6) is 0 Å². The standard InChI is InChI=1S/C13H23N3S/c1-5-6-14-12(10(2)3)9-17-13-15-7-11(4)8-16-13/h7-8,10,12,14H,5-6,9H2,1-4H3. The molecule has 0 aliphatic carbocycles. The van der Waals surface area contributed by atoms with Gasteiger partial charge in [0.2, 0.25) is 0 Å². The van der Waals surface area contributed by atoms with Crippen molar-refractivity contribution in [3.8, 4) is 0 Å². The summed E-state index contributed by atoms with van der Waals surface area (Å²) in [5, 5.41) is 4.45. The molecule has 0 bridgehead atoms. The molecular weight excluding hydrogens is 230 g/mol. The average molecular weight is 253 g/mol. The monoisotopic (exact) mass is 253 g/mol. The van der Waals surface area contributed by atoms with E-state index in [9.17, 15) is 0 Å². The second-order valence-corrected chi connectivity index (χ2v) is 5.65. The van der Waals surface area contributed by atoms with E-state index in [1.54, 1.807) is 11.8 Å². The van der Waals surface area contributed by atoms with Gasteiger partial charge in [-0.05, 0) is 31.4 Å². The molecule has 1 unspecified atom stereocenters. The zero-order valence-corrected chi connectivity index (χ0v) is 12.0. The highest BCUT2D eigenvalue weighted by Gasteiger charge is 2.13. The molecule has 0 amide bonds. The summed E-state index contributed by atoms with van der Waals surface area (Å²) in [4.78, 5) is 8.63. The van der Waals surface area contributed by atoms with Gasteiger partial charge in [0.05, 0.1) is 0 Å². The topological polar surface area (TPSA) is 37.8 Å². The molecule has 1 aromatic heterocycles. The van der Waals surface area contributed by atoms with Crippen molar-refractivity contribution in [1.82, 2.24) is 15.3 Å². The summed E-state index contributed by atoms with van der Waals surface area (Å²) < 4.78 is 0. The van der Waals surface area contributed by atoms with Crippen molar-refractivity contribution >= 4 is 11.8 Å². The fraction of sp³-hybridized carbons (Fsp3) is 0.692. The Labute approximate surface area is 109 Å². The molecule has 17 heavy (non-hydrogen) atoms. The smallest absolute Gasteiger partial charge is 0.187 e. The molecule has 4 heteroatoms. The van der Waals surface area contributed by atoms with Gasteiger partial charge in [-0.2, -0.15) is 0 Å². The molecule has 0 saturated carbocycles. The highest BCUT2D eigenvalue weighted by Crippen LogP contribution is 2.16. The van der Waals surface area contributed by atoms with Crippen molar-refractivity contribution < 1.29 is 0 Å². The Bertz CT molecular complexity index is 311. The minimum atomic E-state index is 0.532. The second kappa shape index (κ2) is 7.67. The number of nitrogens with zero attached hydrogens (tertiary/aromatic N) is 2. The second-order valence-electron chi connectivity index (χ2n) is 4.66. The summed E-state index contributed by atoms with van der Waals surface area (Å²) in [7, 11) is 0. The maximum atomic E-state index is 4.31. The van der Waals surface area contributed by atoms with Crippen LogP contribution in [0.4, 0.5) is 0 Å². The first-order valence-electron chi connectivity index (χ1n) is 6.28. The Balaban J connectivity index is 2.43. The van der Waals surface area contributed by atoms with Gasteiger partial charge >= 0.3 is 0 Å². The van der Waals surface area contributed by atoms with E-state index in [1.165, 1.54) is 6.42 Å². The Morgan fingerprint density at radius 1 is 1.29 bits per heavy atom. The fourth-order valence-electron chi connectivity index (χ4n) is 1.44. The summed E-state index contributed by atoms with van der Waals surface area (Å²) in [6.07, 6.45) is 4.92. The van der Waals surface area contributed by atoms with E-state index in [4.69, 9.17) is 0 Å². The minimum Gasteiger partial charge on any atom is -0.313 e. The fourth-order valence-corrected chi connectivity index (χ4v) is 2.52. The molecule has 0 fully saturated rings. The van der Waals surface area contributed by atoms with Gasteiger partial charge in [-0.1, -0.05) is 32.5 Å². The molecular formula is C13H23N3S. The van der Waals surface area contributed by atoms with Crippen LogP contribution in [-0.4, -0.2) is 28.3 Å². The number of nitrogens with one attached hydrogen (secondary N) is 1. The van der Waals surface area contributed by atoms with Crippen LogP contribution in [-0.2, 0) is 0 Å². The van der Waals surface area contributed by atoms with E-state index in [-0.39, 0.29) is 0 Å². The van der Waals surface area contributed by atoms with Crippen molar-refractivity contribution in [3.63, 3.8) is 0 Å². The van der Waals surface area contributed by atoms with Gasteiger partial charge in [0.25, 0.3) is 0 Å². The number of aromatic nitrogens is 2. The third-order valence-corrected chi connectivity index (χ3v) is 3.61. The molecule has 0 spiro atoms. The Kier molecular flexibility index (Phi) is 6.52. The van der Waals surface area contributed by atoms with E-state index in [0.717, 1.165) is 23.0 Å². The van der Waals surface area contributed by atoms with Gasteiger partial charge in [0.1, 0.15) is 0 Å². The molecule has 1 atom stereocenters. The maximum Gasteiger partial charge on any atom is 0.187 e. The lowest BCUT2D eigenvalue weighted by Crippen LogP contribution is -2.36. The first-order chi connectivity index (χ1) is 8.13. The minimum absolute atomic E-state index is 0.532. The van der Waals surface area contributed by atoms with Crippen molar-refractivity contribution in [2.45, 2.75) is 45.3 Å².